The Labute approximate surface area is 144 Å². The van der Waals surface area contributed by atoms with Gasteiger partial charge >= 0.3 is 0 Å². The second-order valence-corrected chi connectivity index (χ2v) is 5.31. The molecule has 4 N–H and O–H groups in total. The third kappa shape index (κ3) is 4.38. The molecular weight excluding hydrogens is 333 g/mol. The molecule has 7 heteroatoms. The maximum Gasteiger partial charge on any atom is 0.238 e. The van der Waals surface area contributed by atoms with Crippen LogP contribution in [-0.4, -0.2) is 36.4 Å². The molecule has 0 atom stereocenters. The van der Waals surface area contributed by atoms with Crippen LogP contribution in [0.3, 0.4) is 0 Å². The van der Waals surface area contributed by atoms with Gasteiger partial charge in [-0.15, -0.1) is 0 Å². The van der Waals surface area contributed by atoms with Gasteiger partial charge in [-0.2, -0.15) is 0 Å². The van der Waals surface area contributed by atoms with Crippen LogP contribution >= 0.6 is 11.6 Å². The minimum absolute atomic E-state index is 0.0838. The number of anilines is 1. The van der Waals surface area contributed by atoms with Gasteiger partial charge in [0.05, 0.1) is 31.1 Å². The Kier molecular flexibility index (Phi) is 6.43. The largest absolute Gasteiger partial charge is 0.394 e. The number of halogens is 2. The average Bonchev–Trinajstić information content (AvgIpc) is 2.58. The van der Waals surface area contributed by atoms with E-state index < -0.39 is 11.7 Å². The zero-order valence-corrected chi connectivity index (χ0v) is 13.6. The molecule has 0 saturated heterocycles. The highest BCUT2D eigenvalue weighted by molar-refractivity contribution is 6.31. The van der Waals surface area contributed by atoms with Crippen molar-refractivity contribution in [3.05, 3.63) is 64.4 Å². The number of hydrogen-bond donors (Lipinski definition) is 3. The highest BCUT2D eigenvalue weighted by Crippen LogP contribution is 2.25. The highest BCUT2D eigenvalue weighted by Gasteiger charge is 2.17. The molecular formula is C17H17ClFN3O2. The molecule has 0 heterocycles. The van der Waals surface area contributed by atoms with E-state index in [-0.39, 0.29) is 31.0 Å². The molecule has 126 valence electrons. The zero-order chi connectivity index (χ0) is 17.5. The number of carbonyl (C=O) groups excluding carboxylic acids is 1. The Bertz CT molecular complexity index is 765. The summed E-state index contributed by atoms with van der Waals surface area (Å²) in [7, 11) is 0. The van der Waals surface area contributed by atoms with Crippen molar-refractivity contribution < 1.29 is 14.3 Å². The highest BCUT2D eigenvalue weighted by atomic mass is 35.5. The Balaban J connectivity index is 2.60. The van der Waals surface area contributed by atoms with E-state index in [9.17, 15) is 9.18 Å². The van der Waals surface area contributed by atoms with E-state index in [4.69, 9.17) is 22.4 Å². The topological polar surface area (TPSA) is 87.7 Å². The van der Waals surface area contributed by atoms with Crippen molar-refractivity contribution in [1.82, 2.24) is 0 Å². The van der Waals surface area contributed by atoms with Crippen LogP contribution in [0.1, 0.15) is 11.1 Å². The SMILES string of the molecule is NCC(=O)Nc1ccc(Cl)cc1C(=NCCO)c1ccccc1F. The van der Waals surface area contributed by atoms with Crippen LogP contribution in [0.2, 0.25) is 5.02 Å². The fourth-order valence-corrected chi connectivity index (χ4v) is 2.33. The van der Waals surface area contributed by atoms with Gasteiger partial charge in [-0.3, -0.25) is 9.79 Å². The number of aliphatic hydroxyl groups excluding tert-OH is 1. The first-order chi connectivity index (χ1) is 11.6. The molecule has 0 aliphatic carbocycles. The number of nitrogens with two attached hydrogens (primary N) is 1. The number of benzene rings is 2. The van der Waals surface area contributed by atoms with Crippen molar-refractivity contribution in [2.75, 3.05) is 25.0 Å². The summed E-state index contributed by atoms with van der Waals surface area (Å²) in [5.74, 6) is -0.862. The molecule has 0 saturated carbocycles. The van der Waals surface area contributed by atoms with Gasteiger partial charge in [0.25, 0.3) is 0 Å². The second kappa shape index (κ2) is 8.54. The van der Waals surface area contributed by atoms with E-state index in [2.05, 4.69) is 10.3 Å². The van der Waals surface area contributed by atoms with Crippen molar-refractivity contribution in [2.24, 2.45) is 10.7 Å². The molecule has 0 aromatic heterocycles. The van der Waals surface area contributed by atoms with E-state index in [1.807, 2.05) is 0 Å². The summed E-state index contributed by atoms with van der Waals surface area (Å²) >= 11 is 6.06. The van der Waals surface area contributed by atoms with Crippen LogP contribution in [0, 0.1) is 5.82 Å². The van der Waals surface area contributed by atoms with Crippen LogP contribution in [0.25, 0.3) is 0 Å². The van der Waals surface area contributed by atoms with E-state index in [1.54, 1.807) is 36.4 Å². The van der Waals surface area contributed by atoms with Gasteiger partial charge in [-0.25, -0.2) is 4.39 Å². The molecule has 2 rings (SSSR count). The van der Waals surface area contributed by atoms with Gasteiger partial charge in [0, 0.05) is 16.1 Å². The van der Waals surface area contributed by atoms with Crippen molar-refractivity contribution in [3.8, 4) is 0 Å². The molecule has 0 bridgehead atoms. The van der Waals surface area contributed by atoms with Gasteiger partial charge in [0.15, 0.2) is 0 Å². The fraction of sp³-hybridized carbons (Fsp3) is 0.176. The second-order valence-electron chi connectivity index (χ2n) is 4.88. The molecule has 2 aromatic rings. The van der Waals surface area contributed by atoms with Crippen LogP contribution in [0.5, 0.6) is 0 Å². The van der Waals surface area contributed by atoms with E-state index in [1.165, 1.54) is 6.07 Å². The quantitative estimate of drug-likeness (QED) is 0.699. The Morgan fingerprint density at radius 3 is 2.67 bits per heavy atom. The van der Waals surface area contributed by atoms with E-state index in [0.717, 1.165) is 0 Å². The van der Waals surface area contributed by atoms with E-state index in [0.29, 0.717) is 16.3 Å². The van der Waals surface area contributed by atoms with Crippen molar-refractivity contribution >= 4 is 28.9 Å². The third-order valence-electron chi connectivity index (χ3n) is 3.20. The van der Waals surface area contributed by atoms with Gasteiger partial charge in [0.1, 0.15) is 5.82 Å². The minimum atomic E-state index is -0.467. The van der Waals surface area contributed by atoms with E-state index >= 15 is 0 Å². The van der Waals surface area contributed by atoms with Crippen LogP contribution < -0.4 is 11.1 Å². The van der Waals surface area contributed by atoms with Gasteiger partial charge in [-0.1, -0.05) is 23.7 Å². The summed E-state index contributed by atoms with van der Waals surface area (Å²) in [6.07, 6.45) is 0. The number of amides is 1. The lowest BCUT2D eigenvalue weighted by atomic mass is 9.99. The Morgan fingerprint density at radius 2 is 2.00 bits per heavy atom. The summed E-state index contributed by atoms with van der Waals surface area (Å²) in [5, 5.41) is 12.1. The lowest BCUT2D eigenvalue weighted by Crippen LogP contribution is -2.23. The molecule has 1 amide bonds. The van der Waals surface area contributed by atoms with Crippen molar-refractivity contribution in [2.45, 2.75) is 0 Å². The number of nitrogens with one attached hydrogen (secondary N) is 1. The van der Waals surface area contributed by atoms with Crippen LogP contribution in [0.4, 0.5) is 10.1 Å². The lowest BCUT2D eigenvalue weighted by Gasteiger charge is -2.14. The standard InChI is InChI=1S/C17H17ClFN3O2/c18-11-5-6-15(22-16(24)10-20)13(9-11)17(21-7-8-23)12-3-1-2-4-14(12)19/h1-6,9,23H,7-8,10,20H2,(H,22,24). The number of carbonyl (C=O) groups is 1. The number of aliphatic imine (C=N–C) groups is 1. The minimum Gasteiger partial charge on any atom is -0.394 e. The number of hydrogen-bond acceptors (Lipinski definition) is 4. The predicted octanol–water partition coefficient (Wildman–Crippen LogP) is 2.21. The molecule has 0 unspecified atom stereocenters. The monoisotopic (exact) mass is 349 g/mol. The first-order valence-electron chi connectivity index (χ1n) is 7.27. The summed E-state index contributed by atoms with van der Waals surface area (Å²) < 4.78 is 14.2. The number of aliphatic hydroxyl groups is 1. The summed E-state index contributed by atoms with van der Waals surface area (Å²) in [5.41, 5.74) is 6.72. The van der Waals surface area contributed by atoms with Crippen LogP contribution in [0.15, 0.2) is 47.5 Å². The maximum absolute atomic E-state index is 14.2. The van der Waals surface area contributed by atoms with Crippen molar-refractivity contribution in [1.29, 1.82) is 0 Å². The van der Waals surface area contributed by atoms with Gasteiger partial charge in [0.2, 0.25) is 5.91 Å². The van der Waals surface area contributed by atoms with Crippen molar-refractivity contribution in [3.63, 3.8) is 0 Å². The molecule has 2 aromatic carbocycles. The first kappa shape index (κ1) is 18.1. The molecule has 0 aliphatic heterocycles. The molecule has 5 nitrogen and oxygen atoms in total. The smallest absolute Gasteiger partial charge is 0.238 e. The molecule has 24 heavy (non-hydrogen) atoms. The summed E-state index contributed by atoms with van der Waals surface area (Å²) in [4.78, 5) is 15.9. The maximum atomic E-state index is 14.2. The molecule has 0 radical (unpaired) electrons. The van der Waals surface area contributed by atoms with Gasteiger partial charge < -0.3 is 16.2 Å². The first-order valence-corrected chi connectivity index (χ1v) is 7.64. The molecule has 0 spiro atoms. The normalized spacial score (nSPS) is 11.4. The number of rotatable bonds is 6. The van der Waals surface area contributed by atoms with Crippen LogP contribution in [-0.2, 0) is 4.79 Å². The molecule has 0 fully saturated rings. The lowest BCUT2D eigenvalue weighted by molar-refractivity contribution is -0.114. The van der Waals surface area contributed by atoms with Gasteiger partial charge in [-0.05, 0) is 30.3 Å². The zero-order valence-electron chi connectivity index (χ0n) is 12.8. The Morgan fingerprint density at radius 1 is 1.25 bits per heavy atom. The Hall–Kier alpha value is -2.28. The fourth-order valence-electron chi connectivity index (χ4n) is 2.15. The molecule has 0 aliphatic rings. The predicted molar refractivity (Wildman–Crippen MR) is 93.1 cm³/mol. The summed E-state index contributed by atoms with van der Waals surface area (Å²) in [6.45, 7) is -0.297. The summed E-state index contributed by atoms with van der Waals surface area (Å²) in [6, 6.07) is 10.9. The number of nitrogens with zero attached hydrogens (tertiary/aromatic N) is 1. The average molecular weight is 350 g/mol. The third-order valence-corrected chi connectivity index (χ3v) is 3.43.